The number of carbonyl (C=O) groups is 1. The molecular formula is C10H12O2S. The van der Waals surface area contributed by atoms with Crippen LogP contribution >= 0.6 is 11.3 Å². The molecule has 1 aromatic heterocycles. The van der Waals surface area contributed by atoms with E-state index in [1.54, 1.807) is 18.3 Å². The van der Waals surface area contributed by atoms with Gasteiger partial charge in [-0.05, 0) is 26.0 Å². The molecule has 0 amide bonds. The Morgan fingerprint density at radius 1 is 1.62 bits per heavy atom. The van der Waals surface area contributed by atoms with E-state index < -0.39 is 0 Å². The van der Waals surface area contributed by atoms with Crippen molar-refractivity contribution in [3.8, 4) is 0 Å². The second kappa shape index (κ2) is 4.23. The lowest BCUT2D eigenvalue weighted by Crippen LogP contribution is -2.03. The number of rotatable bonds is 3. The molecule has 0 N–H and O–H groups in total. The lowest BCUT2D eigenvalue weighted by Gasteiger charge is -2.00. The first-order valence-corrected chi connectivity index (χ1v) is 4.79. The lowest BCUT2D eigenvalue weighted by molar-refractivity contribution is -0.140. The zero-order valence-electron chi connectivity index (χ0n) is 7.79. The van der Waals surface area contributed by atoms with Crippen LogP contribution in [0.2, 0.25) is 0 Å². The Bertz CT molecular complexity index is 325. The maximum absolute atomic E-state index is 11.0. The van der Waals surface area contributed by atoms with Crippen molar-refractivity contribution in [3.63, 3.8) is 0 Å². The van der Waals surface area contributed by atoms with Gasteiger partial charge in [-0.15, -0.1) is 11.3 Å². The van der Waals surface area contributed by atoms with Gasteiger partial charge in [0.2, 0.25) is 0 Å². The number of carbonyl (C=O) groups excluding carboxylic acids is 1. The molecular weight excluding hydrogens is 184 g/mol. The maximum atomic E-state index is 11.0. The highest BCUT2D eigenvalue weighted by atomic mass is 32.1. The average Bonchev–Trinajstić information content (AvgIpc) is 2.47. The van der Waals surface area contributed by atoms with Crippen LogP contribution in [-0.2, 0) is 16.1 Å². The maximum Gasteiger partial charge on any atom is 0.333 e. The molecule has 1 heterocycles. The molecule has 0 bridgehead atoms. The number of aryl methyl sites for hydroxylation is 1. The van der Waals surface area contributed by atoms with Gasteiger partial charge in [0.15, 0.2) is 0 Å². The molecule has 2 nitrogen and oxygen atoms in total. The summed E-state index contributed by atoms with van der Waals surface area (Å²) in [5.74, 6) is -0.328. The van der Waals surface area contributed by atoms with Crippen LogP contribution in [0.1, 0.15) is 16.7 Å². The van der Waals surface area contributed by atoms with Crippen molar-refractivity contribution in [2.24, 2.45) is 0 Å². The second-order valence-electron chi connectivity index (χ2n) is 2.87. The molecule has 1 aromatic rings. The van der Waals surface area contributed by atoms with E-state index in [4.69, 9.17) is 4.74 Å². The Morgan fingerprint density at radius 2 is 2.31 bits per heavy atom. The molecule has 0 fully saturated rings. The van der Waals surface area contributed by atoms with Crippen LogP contribution in [0.3, 0.4) is 0 Å². The smallest absolute Gasteiger partial charge is 0.333 e. The van der Waals surface area contributed by atoms with Gasteiger partial charge >= 0.3 is 5.97 Å². The van der Waals surface area contributed by atoms with Gasteiger partial charge in [0, 0.05) is 15.3 Å². The molecule has 0 saturated heterocycles. The molecule has 0 aliphatic rings. The zero-order chi connectivity index (χ0) is 9.84. The monoisotopic (exact) mass is 196 g/mol. The van der Waals surface area contributed by atoms with Gasteiger partial charge in [-0.1, -0.05) is 6.58 Å². The van der Waals surface area contributed by atoms with Crippen molar-refractivity contribution >= 4 is 17.3 Å². The second-order valence-corrected chi connectivity index (χ2v) is 4.24. The standard InChI is InChI=1S/C10H12O2S/c1-7(2)10(11)12-6-9-5-4-8(3)13-9/h4-5H,1,6H2,2-3H3. The predicted octanol–water partition coefficient (Wildman–Crippen LogP) is 2.68. The summed E-state index contributed by atoms with van der Waals surface area (Å²) in [4.78, 5) is 13.3. The van der Waals surface area contributed by atoms with Gasteiger partial charge in [-0.2, -0.15) is 0 Å². The molecule has 70 valence electrons. The normalized spacial score (nSPS) is 9.69. The largest absolute Gasteiger partial charge is 0.457 e. The summed E-state index contributed by atoms with van der Waals surface area (Å²) in [6.07, 6.45) is 0. The van der Waals surface area contributed by atoms with E-state index in [0.29, 0.717) is 12.2 Å². The Kier molecular flexibility index (Phi) is 3.25. The van der Waals surface area contributed by atoms with Crippen molar-refractivity contribution in [1.82, 2.24) is 0 Å². The van der Waals surface area contributed by atoms with Crippen LogP contribution < -0.4 is 0 Å². The van der Waals surface area contributed by atoms with Crippen LogP contribution in [0.4, 0.5) is 0 Å². The van der Waals surface area contributed by atoms with E-state index in [1.807, 2.05) is 19.1 Å². The third-order valence-electron chi connectivity index (χ3n) is 1.49. The molecule has 0 aliphatic heterocycles. The van der Waals surface area contributed by atoms with E-state index in [0.717, 1.165) is 4.88 Å². The summed E-state index contributed by atoms with van der Waals surface area (Å²) in [5, 5.41) is 0. The molecule has 1 rings (SSSR count). The van der Waals surface area contributed by atoms with E-state index in [-0.39, 0.29) is 5.97 Å². The van der Waals surface area contributed by atoms with Gasteiger partial charge in [0.05, 0.1) is 0 Å². The fourth-order valence-corrected chi connectivity index (χ4v) is 1.63. The predicted molar refractivity (Wildman–Crippen MR) is 53.7 cm³/mol. The fourth-order valence-electron chi connectivity index (χ4n) is 0.823. The van der Waals surface area contributed by atoms with Gasteiger partial charge in [-0.25, -0.2) is 4.79 Å². The third kappa shape index (κ3) is 3.03. The first-order valence-electron chi connectivity index (χ1n) is 3.97. The van der Waals surface area contributed by atoms with Gasteiger partial charge in [0.1, 0.15) is 6.61 Å². The fraction of sp³-hybridized carbons (Fsp3) is 0.300. The number of ether oxygens (including phenoxy) is 1. The summed E-state index contributed by atoms with van der Waals surface area (Å²) >= 11 is 1.63. The van der Waals surface area contributed by atoms with Crippen molar-refractivity contribution in [3.05, 3.63) is 34.0 Å². The zero-order valence-corrected chi connectivity index (χ0v) is 8.61. The molecule has 0 atom stereocenters. The van der Waals surface area contributed by atoms with Crippen molar-refractivity contribution < 1.29 is 9.53 Å². The van der Waals surface area contributed by atoms with Crippen molar-refractivity contribution in [2.45, 2.75) is 20.5 Å². The van der Waals surface area contributed by atoms with Crippen molar-refractivity contribution in [1.29, 1.82) is 0 Å². The Balaban J connectivity index is 2.44. The summed E-state index contributed by atoms with van der Waals surface area (Å²) in [5.41, 5.74) is 0.438. The highest BCUT2D eigenvalue weighted by Crippen LogP contribution is 2.16. The number of hydrogen-bond acceptors (Lipinski definition) is 3. The Hall–Kier alpha value is -1.09. The molecule has 3 heteroatoms. The Morgan fingerprint density at radius 3 is 2.77 bits per heavy atom. The molecule has 0 radical (unpaired) electrons. The van der Waals surface area contributed by atoms with Crippen LogP contribution in [-0.4, -0.2) is 5.97 Å². The highest BCUT2D eigenvalue weighted by molar-refractivity contribution is 7.11. The quantitative estimate of drug-likeness (QED) is 0.549. The minimum Gasteiger partial charge on any atom is -0.457 e. The minimum atomic E-state index is -0.328. The average molecular weight is 196 g/mol. The van der Waals surface area contributed by atoms with Gasteiger partial charge in [0.25, 0.3) is 0 Å². The molecule has 0 unspecified atom stereocenters. The van der Waals surface area contributed by atoms with Gasteiger partial charge < -0.3 is 4.74 Å². The molecule has 0 saturated carbocycles. The number of esters is 1. The first kappa shape index (κ1) is 9.99. The van der Waals surface area contributed by atoms with Crippen LogP contribution in [0.25, 0.3) is 0 Å². The Labute approximate surface area is 81.8 Å². The summed E-state index contributed by atoms with van der Waals surface area (Å²) in [6.45, 7) is 7.52. The molecule has 0 aliphatic carbocycles. The number of thiophene rings is 1. The lowest BCUT2D eigenvalue weighted by atomic mass is 10.4. The molecule has 13 heavy (non-hydrogen) atoms. The van der Waals surface area contributed by atoms with Crippen molar-refractivity contribution in [2.75, 3.05) is 0 Å². The third-order valence-corrected chi connectivity index (χ3v) is 2.46. The highest BCUT2D eigenvalue weighted by Gasteiger charge is 2.04. The van der Waals surface area contributed by atoms with Crippen LogP contribution in [0.15, 0.2) is 24.3 Å². The summed E-state index contributed by atoms with van der Waals surface area (Å²) in [6, 6.07) is 3.97. The van der Waals surface area contributed by atoms with E-state index in [9.17, 15) is 4.79 Å². The summed E-state index contributed by atoms with van der Waals surface area (Å²) < 4.78 is 4.97. The molecule has 0 aromatic carbocycles. The van der Waals surface area contributed by atoms with E-state index in [2.05, 4.69) is 6.58 Å². The van der Waals surface area contributed by atoms with Crippen LogP contribution in [0, 0.1) is 6.92 Å². The topological polar surface area (TPSA) is 26.3 Å². The van der Waals surface area contributed by atoms with E-state index in [1.165, 1.54) is 4.88 Å². The van der Waals surface area contributed by atoms with E-state index >= 15 is 0 Å². The minimum absolute atomic E-state index is 0.328. The first-order chi connectivity index (χ1) is 6.09. The van der Waals surface area contributed by atoms with Crippen LogP contribution in [0.5, 0.6) is 0 Å². The molecule has 0 spiro atoms. The number of hydrogen-bond donors (Lipinski definition) is 0. The SMILES string of the molecule is C=C(C)C(=O)OCc1ccc(C)s1. The van der Waals surface area contributed by atoms with Gasteiger partial charge in [-0.3, -0.25) is 0 Å². The summed E-state index contributed by atoms with van der Waals surface area (Å²) in [7, 11) is 0.